The summed E-state index contributed by atoms with van der Waals surface area (Å²) in [7, 11) is 3.14. The van der Waals surface area contributed by atoms with Crippen LogP contribution in [0.3, 0.4) is 0 Å². The number of ether oxygens (including phenoxy) is 2. The van der Waals surface area contributed by atoms with Crippen molar-refractivity contribution in [3.8, 4) is 11.5 Å². The van der Waals surface area contributed by atoms with E-state index in [0.29, 0.717) is 17.9 Å². The van der Waals surface area contributed by atoms with Crippen molar-refractivity contribution in [1.82, 2.24) is 0 Å². The molecule has 0 amide bonds. The van der Waals surface area contributed by atoms with Crippen molar-refractivity contribution in [2.75, 3.05) is 20.9 Å². The minimum absolute atomic E-state index is 0.302. The quantitative estimate of drug-likeness (QED) is 0.814. The Morgan fingerprint density at radius 1 is 1.20 bits per heavy atom. The molecule has 1 atom stereocenters. The normalized spacial score (nSPS) is 12.3. The Bertz CT molecular complexity index is 295. The second-order valence-electron chi connectivity index (χ2n) is 3.23. The van der Waals surface area contributed by atoms with E-state index in [2.05, 4.69) is 0 Å². The first-order chi connectivity index (χ1) is 7.21. The third-order valence-electron chi connectivity index (χ3n) is 2.22. The maximum Gasteiger partial charge on any atom is 0.122 e. The Morgan fingerprint density at radius 3 is 2.13 bits per heavy atom. The van der Waals surface area contributed by atoms with Crippen LogP contribution < -0.4 is 15.2 Å². The summed E-state index contributed by atoms with van der Waals surface area (Å²) in [5, 5.41) is 0. The zero-order chi connectivity index (χ0) is 11.3. The zero-order valence-electron chi connectivity index (χ0n) is 9.00. The molecule has 0 bridgehead atoms. The molecule has 0 aliphatic heterocycles. The van der Waals surface area contributed by atoms with Crippen molar-refractivity contribution in [1.29, 1.82) is 0 Å². The number of hydrogen-bond donors (Lipinski definition) is 1. The minimum atomic E-state index is -0.430. The van der Waals surface area contributed by atoms with Crippen molar-refractivity contribution < 1.29 is 13.9 Å². The van der Waals surface area contributed by atoms with Gasteiger partial charge in [0.15, 0.2) is 0 Å². The number of hydrogen-bond acceptors (Lipinski definition) is 3. The van der Waals surface area contributed by atoms with Crippen molar-refractivity contribution in [3.05, 3.63) is 23.8 Å². The van der Waals surface area contributed by atoms with E-state index >= 15 is 0 Å². The van der Waals surface area contributed by atoms with Crippen LogP contribution in [-0.4, -0.2) is 20.9 Å². The van der Waals surface area contributed by atoms with E-state index in [9.17, 15) is 4.39 Å². The van der Waals surface area contributed by atoms with Crippen LogP contribution in [0.5, 0.6) is 11.5 Å². The van der Waals surface area contributed by atoms with Gasteiger partial charge < -0.3 is 15.2 Å². The lowest BCUT2D eigenvalue weighted by atomic mass is 10.0. The molecule has 0 spiro atoms. The number of alkyl halides is 1. The second kappa shape index (κ2) is 5.56. The fourth-order valence-electron chi connectivity index (χ4n) is 1.33. The standard InChI is InChI=1S/C11H16FNO2/c1-14-9-5-8(11(13)3-4-12)6-10(7-9)15-2/h5-7,11H,3-4,13H2,1-2H3/t11-/m0/s1. The number of nitrogens with two attached hydrogens (primary N) is 1. The molecule has 0 heterocycles. The van der Waals surface area contributed by atoms with Gasteiger partial charge in [-0.3, -0.25) is 4.39 Å². The van der Waals surface area contributed by atoms with Crippen LogP contribution in [0.25, 0.3) is 0 Å². The van der Waals surface area contributed by atoms with E-state index in [1.54, 1.807) is 32.4 Å². The maximum absolute atomic E-state index is 12.2. The number of benzene rings is 1. The van der Waals surface area contributed by atoms with Gasteiger partial charge in [0.1, 0.15) is 11.5 Å². The Kier molecular flexibility index (Phi) is 4.37. The highest BCUT2D eigenvalue weighted by atomic mass is 19.1. The first-order valence-electron chi connectivity index (χ1n) is 4.75. The van der Waals surface area contributed by atoms with E-state index in [4.69, 9.17) is 15.2 Å². The van der Waals surface area contributed by atoms with E-state index in [-0.39, 0.29) is 6.04 Å². The lowest BCUT2D eigenvalue weighted by molar-refractivity contribution is 0.390. The first kappa shape index (κ1) is 11.8. The van der Waals surface area contributed by atoms with E-state index in [1.165, 1.54) is 0 Å². The average Bonchev–Trinajstić information content (AvgIpc) is 2.28. The third-order valence-corrected chi connectivity index (χ3v) is 2.22. The second-order valence-corrected chi connectivity index (χ2v) is 3.23. The highest BCUT2D eigenvalue weighted by Crippen LogP contribution is 2.26. The molecule has 0 fully saturated rings. The van der Waals surface area contributed by atoms with Crippen LogP contribution in [-0.2, 0) is 0 Å². The van der Waals surface area contributed by atoms with Gasteiger partial charge in [0.25, 0.3) is 0 Å². The van der Waals surface area contributed by atoms with Crippen LogP contribution in [0.15, 0.2) is 18.2 Å². The van der Waals surface area contributed by atoms with Crippen molar-refractivity contribution in [2.24, 2.45) is 5.73 Å². The highest BCUT2D eigenvalue weighted by Gasteiger charge is 2.09. The number of halogens is 1. The summed E-state index contributed by atoms with van der Waals surface area (Å²) in [5.74, 6) is 1.33. The summed E-state index contributed by atoms with van der Waals surface area (Å²) in [6, 6.07) is 5.02. The SMILES string of the molecule is COc1cc(OC)cc([C@@H](N)CCF)c1. The Morgan fingerprint density at radius 2 is 1.73 bits per heavy atom. The molecule has 0 unspecified atom stereocenters. The Labute approximate surface area is 89.0 Å². The van der Waals surface area contributed by atoms with Gasteiger partial charge >= 0.3 is 0 Å². The smallest absolute Gasteiger partial charge is 0.122 e. The van der Waals surface area contributed by atoms with Crippen molar-refractivity contribution >= 4 is 0 Å². The molecule has 4 heteroatoms. The van der Waals surface area contributed by atoms with Crippen LogP contribution in [0.1, 0.15) is 18.0 Å². The van der Waals surface area contributed by atoms with Gasteiger partial charge in [0, 0.05) is 12.1 Å². The van der Waals surface area contributed by atoms with Gasteiger partial charge in [-0.25, -0.2) is 0 Å². The highest BCUT2D eigenvalue weighted by molar-refractivity contribution is 5.39. The average molecular weight is 213 g/mol. The summed E-state index contributed by atoms with van der Waals surface area (Å²) in [6.07, 6.45) is 0.302. The van der Waals surface area contributed by atoms with Crippen LogP contribution in [0, 0.1) is 0 Å². The molecule has 0 aliphatic carbocycles. The Hall–Kier alpha value is -1.29. The Balaban J connectivity index is 2.95. The lowest BCUT2D eigenvalue weighted by Crippen LogP contribution is -2.11. The summed E-state index contributed by atoms with van der Waals surface area (Å²) in [5.41, 5.74) is 6.62. The van der Waals surface area contributed by atoms with Crippen molar-refractivity contribution in [2.45, 2.75) is 12.5 Å². The van der Waals surface area contributed by atoms with Crippen molar-refractivity contribution in [3.63, 3.8) is 0 Å². The monoisotopic (exact) mass is 213 g/mol. The van der Waals surface area contributed by atoms with Gasteiger partial charge in [-0.1, -0.05) is 0 Å². The fraction of sp³-hybridized carbons (Fsp3) is 0.455. The predicted octanol–water partition coefficient (Wildman–Crippen LogP) is 2.06. The topological polar surface area (TPSA) is 44.5 Å². The van der Waals surface area contributed by atoms with Gasteiger partial charge in [0.2, 0.25) is 0 Å². The number of methoxy groups -OCH3 is 2. The predicted molar refractivity (Wildman–Crippen MR) is 57.1 cm³/mol. The summed E-state index contributed by atoms with van der Waals surface area (Å²) < 4.78 is 22.3. The van der Waals surface area contributed by atoms with Crippen LogP contribution in [0.4, 0.5) is 4.39 Å². The molecule has 0 aromatic heterocycles. The molecule has 0 radical (unpaired) electrons. The number of rotatable bonds is 5. The van der Waals surface area contributed by atoms with Gasteiger partial charge in [-0.2, -0.15) is 0 Å². The fourth-order valence-corrected chi connectivity index (χ4v) is 1.33. The summed E-state index contributed by atoms with van der Waals surface area (Å²) in [4.78, 5) is 0. The van der Waals surface area contributed by atoms with Crippen LogP contribution >= 0.6 is 0 Å². The molecule has 84 valence electrons. The molecular weight excluding hydrogens is 197 g/mol. The van der Waals surface area contributed by atoms with Gasteiger partial charge in [-0.05, 0) is 24.1 Å². The largest absolute Gasteiger partial charge is 0.497 e. The molecule has 0 aliphatic rings. The van der Waals surface area contributed by atoms with Gasteiger partial charge in [-0.15, -0.1) is 0 Å². The lowest BCUT2D eigenvalue weighted by Gasteiger charge is -2.13. The van der Waals surface area contributed by atoms with E-state index < -0.39 is 6.67 Å². The van der Waals surface area contributed by atoms with Crippen LogP contribution in [0.2, 0.25) is 0 Å². The molecule has 0 saturated heterocycles. The van der Waals surface area contributed by atoms with E-state index in [0.717, 1.165) is 5.56 Å². The first-order valence-corrected chi connectivity index (χ1v) is 4.75. The molecule has 1 aromatic carbocycles. The molecule has 0 saturated carbocycles. The molecule has 1 aromatic rings. The molecule has 2 N–H and O–H groups in total. The maximum atomic E-state index is 12.2. The summed E-state index contributed by atoms with van der Waals surface area (Å²) >= 11 is 0. The zero-order valence-corrected chi connectivity index (χ0v) is 9.00. The van der Waals surface area contributed by atoms with E-state index in [1.807, 2.05) is 0 Å². The summed E-state index contributed by atoms with van der Waals surface area (Å²) in [6.45, 7) is -0.430. The molecule has 3 nitrogen and oxygen atoms in total. The molecule has 15 heavy (non-hydrogen) atoms. The molecule has 1 rings (SSSR count). The minimum Gasteiger partial charge on any atom is -0.497 e. The third kappa shape index (κ3) is 3.09. The molecular formula is C11H16FNO2. The van der Waals surface area contributed by atoms with Gasteiger partial charge in [0.05, 0.1) is 20.9 Å².